The number of carbonyl (C=O) groups is 1. The Balaban J connectivity index is 2.00. The lowest BCUT2D eigenvalue weighted by molar-refractivity contribution is -0.122. The van der Waals surface area contributed by atoms with Gasteiger partial charge in [0.2, 0.25) is 5.91 Å². The van der Waals surface area contributed by atoms with Crippen molar-refractivity contribution < 1.29 is 14.4 Å². The smallest absolute Gasteiger partial charge is 0.237 e. The van der Waals surface area contributed by atoms with E-state index in [4.69, 9.17) is 10.9 Å². The number of halogens is 1. The number of carbonyl (C=O) groups excluding carboxylic acids is 1. The van der Waals surface area contributed by atoms with E-state index in [0.717, 1.165) is 12.8 Å². The molecule has 21 heavy (non-hydrogen) atoms. The molecule has 1 unspecified atom stereocenters. The number of amides is 1. The standard InChI is InChI=1S/C14H19FN4O2/c1-8(14(20)18-11-4-5-11)17-7-9-2-3-10(15)6-12(9)13(16)19-21/h2-3,6,8,11,17,21H,4-5,7H2,1H3,(H2,16,19)(H,18,20). The van der Waals surface area contributed by atoms with Crippen molar-refractivity contribution in [3.63, 3.8) is 0 Å². The van der Waals surface area contributed by atoms with E-state index in [-0.39, 0.29) is 17.8 Å². The molecule has 1 saturated carbocycles. The van der Waals surface area contributed by atoms with E-state index >= 15 is 0 Å². The van der Waals surface area contributed by atoms with Crippen molar-refractivity contribution in [2.75, 3.05) is 0 Å². The van der Waals surface area contributed by atoms with Crippen molar-refractivity contribution >= 4 is 11.7 Å². The summed E-state index contributed by atoms with van der Waals surface area (Å²) in [5.74, 6) is -0.703. The number of amidine groups is 1. The first kappa shape index (κ1) is 15.2. The van der Waals surface area contributed by atoms with E-state index in [2.05, 4.69) is 15.8 Å². The Morgan fingerprint density at radius 1 is 1.57 bits per heavy atom. The minimum absolute atomic E-state index is 0.0649. The van der Waals surface area contributed by atoms with Gasteiger partial charge in [-0.05, 0) is 37.5 Å². The van der Waals surface area contributed by atoms with Gasteiger partial charge in [-0.2, -0.15) is 0 Å². The molecule has 1 aliphatic carbocycles. The summed E-state index contributed by atoms with van der Waals surface area (Å²) < 4.78 is 13.2. The first-order valence-corrected chi connectivity index (χ1v) is 6.81. The molecular weight excluding hydrogens is 275 g/mol. The van der Waals surface area contributed by atoms with Crippen LogP contribution >= 0.6 is 0 Å². The average Bonchev–Trinajstić information content (AvgIpc) is 3.28. The summed E-state index contributed by atoms with van der Waals surface area (Å²) in [6.45, 7) is 2.06. The Morgan fingerprint density at radius 3 is 2.90 bits per heavy atom. The van der Waals surface area contributed by atoms with Gasteiger partial charge < -0.3 is 21.6 Å². The van der Waals surface area contributed by atoms with Crippen molar-refractivity contribution in [1.29, 1.82) is 0 Å². The van der Waals surface area contributed by atoms with Gasteiger partial charge in [-0.25, -0.2) is 4.39 Å². The van der Waals surface area contributed by atoms with Crippen LogP contribution in [0.15, 0.2) is 23.4 Å². The molecule has 7 heteroatoms. The summed E-state index contributed by atoms with van der Waals surface area (Å²) in [4.78, 5) is 11.8. The number of hydrogen-bond acceptors (Lipinski definition) is 4. The van der Waals surface area contributed by atoms with Crippen LogP contribution in [-0.4, -0.2) is 29.0 Å². The van der Waals surface area contributed by atoms with Crippen LogP contribution in [0, 0.1) is 5.82 Å². The van der Waals surface area contributed by atoms with Crippen LogP contribution in [-0.2, 0) is 11.3 Å². The molecule has 0 bridgehead atoms. The largest absolute Gasteiger partial charge is 0.409 e. The molecule has 1 amide bonds. The van der Waals surface area contributed by atoms with Crippen LogP contribution in [0.25, 0.3) is 0 Å². The van der Waals surface area contributed by atoms with E-state index in [1.54, 1.807) is 13.0 Å². The van der Waals surface area contributed by atoms with Crippen LogP contribution in [0.4, 0.5) is 4.39 Å². The lowest BCUT2D eigenvalue weighted by Crippen LogP contribution is -2.42. The SMILES string of the molecule is CC(NCc1ccc(F)cc1/C(N)=N/O)C(=O)NC1CC1. The quantitative estimate of drug-likeness (QED) is 0.268. The molecule has 1 aromatic carbocycles. The fourth-order valence-corrected chi connectivity index (χ4v) is 1.90. The summed E-state index contributed by atoms with van der Waals surface area (Å²) in [6.07, 6.45) is 2.06. The third-order valence-electron chi connectivity index (χ3n) is 3.37. The summed E-state index contributed by atoms with van der Waals surface area (Å²) >= 11 is 0. The Labute approximate surface area is 122 Å². The average molecular weight is 294 g/mol. The number of oxime groups is 1. The predicted octanol–water partition coefficient (Wildman–Crippen LogP) is 0.677. The molecule has 0 spiro atoms. The number of hydrogen-bond donors (Lipinski definition) is 4. The lowest BCUT2D eigenvalue weighted by Gasteiger charge is -2.15. The molecule has 114 valence electrons. The van der Waals surface area contributed by atoms with Gasteiger partial charge in [0.15, 0.2) is 5.84 Å². The fourth-order valence-electron chi connectivity index (χ4n) is 1.90. The molecule has 1 aliphatic rings. The Kier molecular flexibility index (Phi) is 4.74. The minimum Gasteiger partial charge on any atom is -0.409 e. The van der Waals surface area contributed by atoms with Crippen LogP contribution in [0.1, 0.15) is 30.9 Å². The molecule has 1 aromatic rings. The summed E-state index contributed by atoms with van der Waals surface area (Å²) in [7, 11) is 0. The van der Waals surface area contributed by atoms with Gasteiger partial charge in [0.05, 0.1) is 6.04 Å². The second-order valence-electron chi connectivity index (χ2n) is 5.17. The van der Waals surface area contributed by atoms with E-state index in [1.807, 2.05) is 0 Å². The Morgan fingerprint density at radius 2 is 2.29 bits per heavy atom. The Hall–Kier alpha value is -2.15. The maximum absolute atomic E-state index is 13.2. The molecule has 0 aromatic heterocycles. The van der Waals surface area contributed by atoms with Gasteiger partial charge in [0.1, 0.15) is 5.82 Å². The van der Waals surface area contributed by atoms with Crippen LogP contribution in [0.3, 0.4) is 0 Å². The predicted molar refractivity (Wildman–Crippen MR) is 76.4 cm³/mol. The second kappa shape index (κ2) is 6.53. The first-order valence-electron chi connectivity index (χ1n) is 6.81. The highest BCUT2D eigenvalue weighted by molar-refractivity contribution is 5.98. The summed E-state index contributed by atoms with van der Waals surface area (Å²) in [5, 5.41) is 17.6. The summed E-state index contributed by atoms with van der Waals surface area (Å²) in [5.41, 5.74) is 6.49. The number of benzene rings is 1. The first-order chi connectivity index (χ1) is 10.0. The monoisotopic (exact) mass is 294 g/mol. The zero-order chi connectivity index (χ0) is 15.4. The number of nitrogens with two attached hydrogens (primary N) is 1. The van der Waals surface area contributed by atoms with Gasteiger partial charge in [-0.1, -0.05) is 11.2 Å². The number of nitrogens with one attached hydrogen (secondary N) is 2. The molecular formula is C14H19FN4O2. The van der Waals surface area contributed by atoms with E-state index < -0.39 is 5.82 Å². The van der Waals surface area contributed by atoms with Gasteiger partial charge in [-0.3, -0.25) is 4.79 Å². The molecule has 0 aliphatic heterocycles. The van der Waals surface area contributed by atoms with Gasteiger partial charge in [-0.15, -0.1) is 0 Å². The molecule has 6 nitrogen and oxygen atoms in total. The van der Waals surface area contributed by atoms with Gasteiger partial charge >= 0.3 is 0 Å². The maximum atomic E-state index is 13.2. The molecule has 2 rings (SSSR count). The zero-order valence-corrected chi connectivity index (χ0v) is 11.8. The highest BCUT2D eigenvalue weighted by Crippen LogP contribution is 2.18. The van der Waals surface area contributed by atoms with Crippen molar-refractivity contribution in [2.45, 2.75) is 38.4 Å². The van der Waals surface area contributed by atoms with Gasteiger partial charge in [0.25, 0.3) is 0 Å². The normalized spacial score (nSPS) is 16.6. The Bertz CT molecular complexity index is 558. The molecule has 5 N–H and O–H groups in total. The van der Waals surface area contributed by atoms with E-state index in [9.17, 15) is 9.18 Å². The minimum atomic E-state index is -0.472. The van der Waals surface area contributed by atoms with E-state index in [0.29, 0.717) is 23.7 Å². The number of nitrogens with zero attached hydrogens (tertiary/aromatic N) is 1. The number of rotatable bonds is 6. The molecule has 0 radical (unpaired) electrons. The third-order valence-corrected chi connectivity index (χ3v) is 3.37. The van der Waals surface area contributed by atoms with Crippen LogP contribution < -0.4 is 16.4 Å². The van der Waals surface area contributed by atoms with E-state index in [1.165, 1.54) is 12.1 Å². The fraction of sp³-hybridized carbons (Fsp3) is 0.429. The van der Waals surface area contributed by atoms with Crippen molar-refractivity contribution in [3.8, 4) is 0 Å². The second-order valence-corrected chi connectivity index (χ2v) is 5.17. The molecule has 1 atom stereocenters. The van der Waals surface area contributed by atoms with Crippen LogP contribution in [0.2, 0.25) is 0 Å². The third kappa shape index (κ3) is 4.16. The molecule has 1 fully saturated rings. The molecule has 0 heterocycles. The van der Waals surface area contributed by atoms with Crippen LogP contribution in [0.5, 0.6) is 0 Å². The van der Waals surface area contributed by atoms with Crippen molar-refractivity contribution in [2.24, 2.45) is 10.9 Å². The maximum Gasteiger partial charge on any atom is 0.237 e. The molecule has 0 saturated heterocycles. The highest BCUT2D eigenvalue weighted by Gasteiger charge is 2.25. The summed E-state index contributed by atoms with van der Waals surface area (Å²) in [6, 6.07) is 3.96. The lowest BCUT2D eigenvalue weighted by atomic mass is 10.1. The van der Waals surface area contributed by atoms with Crippen molar-refractivity contribution in [1.82, 2.24) is 10.6 Å². The highest BCUT2D eigenvalue weighted by atomic mass is 19.1. The zero-order valence-electron chi connectivity index (χ0n) is 11.8. The topological polar surface area (TPSA) is 99.7 Å². The van der Waals surface area contributed by atoms with Gasteiger partial charge in [0, 0.05) is 18.2 Å². The van der Waals surface area contributed by atoms with Crippen molar-refractivity contribution in [3.05, 3.63) is 35.1 Å².